The van der Waals surface area contributed by atoms with Crippen LogP contribution in [0.25, 0.3) is 0 Å². The van der Waals surface area contributed by atoms with Crippen LogP contribution in [0.5, 0.6) is 0 Å². The van der Waals surface area contributed by atoms with Crippen LogP contribution in [0, 0.1) is 6.92 Å². The van der Waals surface area contributed by atoms with E-state index in [2.05, 4.69) is 15.2 Å². The molecule has 2 heterocycles. The van der Waals surface area contributed by atoms with Crippen LogP contribution in [0.1, 0.15) is 25.1 Å². The van der Waals surface area contributed by atoms with Crippen LogP contribution in [-0.2, 0) is 11.8 Å². The molecule has 3 N–H and O–H groups in total. The molecule has 1 aromatic rings. The highest BCUT2D eigenvalue weighted by Gasteiger charge is 2.31. The number of ether oxygens (including phenoxy) is 1. The monoisotopic (exact) mass is 267 g/mol. The molecule has 0 atom stereocenters. The Balaban J connectivity index is 2.44. The normalized spacial score (nSPS) is 19.8. The molecule has 106 valence electrons. The van der Waals surface area contributed by atoms with Gasteiger partial charge in [-0.15, -0.1) is 0 Å². The van der Waals surface area contributed by atoms with Crippen LogP contribution in [0.2, 0.25) is 0 Å². The minimum atomic E-state index is -0.223. The summed E-state index contributed by atoms with van der Waals surface area (Å²) >= 11 is 0. The SMILES string of the molecule is Cc1nn(C)c(N2CCOC(C)(C)C2)c1C(N)=NO. The van der Waals surface area contributed by atoms with Gasteiger partial charge in [-0.3, -0.25) is 4.68 Å². The van der Waals surface area contributed by atoms with Gasteiger partial charge in [0.1, 0.15) is 5.82 Å². The number of hydrogen-bond donors (Lipinski definition) is 2. The van der Waals surface area contributed by atoms with Crippen molar-refractivity contribution in [2.24, 2.45) is 17.9 Å². The molecule has 7 heteroatoms. The lowest BCUT2D eigenvalue weighted by molar-refractivity contribution is -0.0280. The number of amidine groups is 1. The highest BCUT2D eigenvalue weighted by atomic mass is 16.5. The number of morpholine rings is 1. The van der Waals surface area contributed by atoms with Crippen molar-refractivity contribution in [2.75, 3.05) is 24.6 Å². The van der Waals surface area contributed by atoms with E-state index in [0.29, 0.717) is 12.2 Å². The Hall–Kier alpha value is -1.76. The van der Waals surface area contributed by atoms with Crippen LogP contribution in [-0.4, -0.2) is 46.1 Å². The number of anilines is 1. The van der Waals surface area contributed by atoms with Crippen LogP contribution in [0.15, 0.2) is 5.16 Å². The molecule has 0 unspecified atom stereocenters. The maximum atomic E-state index is 8.93. The van der Waals surface area contributed by atoms with Gasteiger partial charge in [-0.2, -0.15) is 5.10 Å². The molecule has 2 rings (SSSR count). The Morgan fingerprint density at radius 2 is 2.21 bits per heavy atom. The van der Waals surface area contributed by atoms with Gasteiger partial charge in [0.25, 0.3) is 0 Å². The lowest BCUT2D eigenvalue weighted by Gasteiger charge is -2.39. The lowest BCUT2D eigenvalue weighted by atomic mass is 10.1. The number of nitrogens with zero attached hydrogens (tertiary/aromatic N) is 4. The van der Waals surface area contributed by atoms with Crippen molar-refractivity contribution < 1.29 is 9.94 Å². The molecule has 7 nitrogen and oxygen atoms in total. The van der Waals surface area contributed by atoms with Crippen molar-refractivity contribution in [3.05, 3.63) is 11.3 Å². The topological polar surface area (TPSA) is 88.9 Å². The van der Waals surface area contributed by atoms with E-state index in [1.54, 1.807) is 4.68 Å². The van der Waals surface area contributed by atoms with Gasteiger partial charge in [-0.1, -0.05) is 5.16 Å². The average Bonchev–Trinajstić information content (AvgIpc) is 2.62. The van der Waals surface area contributed by atoms with Gasteiger partial charge < -0.3 is 20.6 Å². The Morgan fingerprint density at radius 3 is 2.79 bits per heavy atom. The summed E-state index contributed by atoms with van der Waals surface area (Å²) in [5.74, 6) is 0.953. The Morgan fingerprint density at radius 1 is 1.53 bits per heavy atom. The molecule has 1 aromatic heterocycles. The van der Waals surface area contributed by atoms with Crippen molar-refractivity contribution in [1.29, 1.82) is 0 Å². The molecule has 1 saturated heterocycles. The fourth-order valence-electron chi connectivity index (χ4n) is 2.56. The summed E-state index contributed by atoms with van der Waals surface area (Å²) in [6.07, 6.45) is 0. The first-order valence-electron chi connectivity index (χ1n) is 6.26. The summed E-state index contributed by atoms with van der Waals surface area (Å²) in [6.45, 7) is 8.08. The quantitative estimate of drug-likeness (QED) is 0.351. The molecule has 0 saturated carbocycles. The molecule has 1 aliphatic rings. The van der Waals surface area contributed by atoms with E-state index in [0.717, 1.165) is 24.6 Å². The fourth-order valence-corrected chi connectivity index (χ4v) is 2.56. The number of rotatable bonds is 2. The van der Waals surface area contributed by atoms with Crippen molar-refractivity contribution in [2.45, 2.75) is 26.4 Å². The molecule has 1 fully saturated rings. The zero-order valence-corrected chi connectivity index (χ0v) is 11.8. The van der Waals surface area contributed by atoms with E-state index >= 15 is 0 Å². The van der Waals surface area contributed by atoms with Crippen molar-refractivity contribution in [3.63, 3.8) is 0 Å². The molecular formula is C12H21N5O2. The zero-order chi connectivity index (χ0) is 14.2. The Bertz CT molecular complexity index is 506. The van der Waals surface area contributed by atoms with E-state index in [1.165, 1.54) is 0 Å². The predicted octanol–water partition coefficient (Wildman–Crippen LogP) is 0.438. The second kappa shape index (κ2) is 4.73. The molecule has 0 amide bonds. The molecule has 0 aromatic carbocycles. The summed E-state index contributed by atoms with van der Waals surface area (Å²) in [7, 11) is 1.86. The van der Waals surface area contributed by atoms with Gasteiger partial charge in [0.15, 0.2) is 5.84 Å². The summed E-state index contributed by atoms with van der Waals surface area (Å²) in [6, 6.07) is 0. The third-order valence-corrected chi connectivity index (χ3v) is 3.28. The first kappa shape index (κ1) is 13.7. The third kappa shape index (κ3) is 2.51. The predicted molar refractivity (Wildman–Crippen MR) is 72.7 cm³/mol. The first-order valence-corrected chi connectivity index (χ1v) is 6.26. The van der Waals surface area contributed by atoms with Crippen molar-refractivity contribution in [3.8, 4) is 0 Å². The van der Waals surface area contributed by atoms with Crippen LogP contribution >= 0.6 is 0 Å². The minimum Gasteiger partial charge on any atom is -0.409 e. The van der Waals surface area contributed by atoms with Gasteiger partial charge >= 0.3 is 0 Å². The van der Waals surface area contributed by atoms with E-state index in [9.17, 15) is 0 Å². The number of aromatic nitrogens is 2. The number of aryl methyl sites for hydroxylation is 2. The van der Waals surface area contributed by atoms with Gasteiger partial charge in [0.05, 0.1) is 23.5 Å². The number of hydrogen-bond acceptors (Lipinski definition) is 5. The van der Waals surface area contributed by atoms with E-state index in [1.807, 2.05) is 27.8 Å². The Kier molecular flexibility index (Phi) is 3.40. The van der Waals surface area contributed by atoms with Crippen LogP contribution in [0.4, 0.5) is 5.82 Å². The Labute approximate surface area is 112 Å². The number of oxime groups is 1. The van der Waals surface area contributed by atoms with Gasteiger partial charge in [-0.05, 0) is 20.8 Å². The van der Waals surface area contributed by atoms with E-state index in [4.69, 9.17) is 15.7 Å². The maximum Gasteiger partial charge on any atom is 0.175 e. The second-order valence-corrected chi connectivity index (χ2v) is 5.42. The molecule has 1 aliphatic heterocycles. The summed E-state index contributed by atoms with van der Waals surface area (Å²) in [5.41, 5.74) is 6.98. The highest BCUT2D eigenvalue weighted by molar-refractivity contribution is 6.02. The second-order valence-electron chi connectivity index (χ2n) is 5.42. The molecule has 0 bridgehead atoms. The fraction of sp³-hybridized carbons (Fsp3) is 0.667. The summed E-state index contributed by atoms with van der Waals surface area (Å²) in [4.78, 5) is 2.16. The molecule has 0 spiro atoms. The standard InChI is InChI=1S/C12H21N5O2/c1-8-9(10(13)15-18)11(16(4)14-8)17-5-6-19-12(2,3)7-17/h18H,5-7H2,1-4H3,(H2,13,15). The van der Waals surface area contributed by atoms with E-state index < -0.39 is 0 Å². The molecule has 19 heavy (non-hydrogen) atoms. The minimum absolute atomic E-state index is 0.0879. The zero-order valence-electron chi connectivity index (χ0n) is 11.8. The van der Waals surface area contributed by atoms with Crippen molar-refractivity contribution >= 4 is 11.7 Å². The third-order valence-electron chi connectivity index (χ3n) is 3.28. The molecule has 0 aliphatic carbocycles. The number of nitrogens with two attached hydrogens (primary N) is 1. The van der Waals surface area contributed by atoms with Gasteiger partial charge in [-0.25, -0.2) is 0 Å². The molecule has 0 radical (unpaired) electrons. The largest absolute Gasteiger partial charge is 0.409 e. The van der Waals surface area contributed by atoms with Crippen molar-refractivity contribution in [1.82, 2.24) is 9.78 Å². The lowest BCUT2D eigenvalue weighted by Crippen LogP contribution is -2.49. The summed E-state index contributed by atoms with van der Waals surface area (Å²) in [5, 5.41) is 16.4. The highest BCUT2D eigenvalue weighted by Crippen LogP contribution is 2.27. The van der Waals surface area contributed by atoms with Gasteiger partial charge in [0, 0.05) is 20.1 Å². The van der Waals surface area contributed by atoms with Gasteiger partial charge in [0.2, 0.25) is 0 Å². The maximum absolute atomic E-state index is 8.93. The summed E-state index contributed by atoms with van der Waals surface area (Å²) < 4.78 is 7.48. The smallest absolute Gasteiger partial charge is 0.175 e. The van der Waals surface area contributed by atoms with E-state index in [-0.39, 0.29) is 11.4 Å². The molecular weight excluding hydrogens is 246 g/mol. The van der Waals surface area contributed by atoms with Crippen LogP contribution in [0.3, 0.4) is 0 Å². The average molecular weight is 267 g/mol. The first-order chi connectivity index (χ1) is 8.85. The van der Waals surface area contributed by atoms with Crippen LogP contribution < -0.4 is 10.6 Å².